The molecule has 2 heterocycles. The van der Waals surface area contributed by atoms with E-state index >= 15 is 0 Å². The number of hydrogen-bond acceptors (Lipinski definition) is 4. The van der Waals surface area contributed by atoms with E-state index in [0.29, 0.717) is 13.0 Å². The Balaban J connectivity index is 2.02. The van der Waals surface area contributed by atoms with Crippen LogP contribution in [0.4, 0.5) is 19.0 Å². The molecule has 9 heteroatoms. The van der Waals surface area contributed by atoms with Crippen LogP contribution in [0.3, 0.4) is 0 Å². The molecule has 2 N–H and O–H groups in total. The summed E-state index contributed by atoms with van der Waals surface area (Å²) in [4.78, 5) is 13.7. The lowest BCUT2D eigenvalue weighted by molar-refractivity contribution is -0.141. The quantitative estimate of drug-likeness (QED) is 0.850. The molecular formula is C10H9ClF3N5. The summed E-state index contributed by atoms with van der Waals surface area (Å²) in [7, 11) is 0. The number of nitrogens with zero attached hydrogens (tertiary/aromatic N) is 3. The molecule has 0 saturated carbocycles. The van der Waals surface area contributed by atoms with E-state index in [2.05, 4.69) is 25.3 Å². The fraction of sp³-hybridized carbons (Fsp3) is 0.300. The van der Waals surface area contributed by atoms with Crippen LogP contribution in [0.1, 0.15) is 11.5 Å². The third-order valence-corrected chi connectivity index (χ3v) is 2.38. The van der Waals surface area contributed by atoms with Crippen molar-refractivity contribution in [3.8, 4) is 0 Å². The summed E-state index contributed by atoms with van der Waals surface area (Å²) in [6, 6.07) is 0.814. The van der Waals surface area contributed by atoms with Crippen molar-refractivity contribution in [2.24, 2.45) is 0 Å². The van der Waals surface area contributed by atoms with Crippen molar-refractivity contribution in [3.05, 3.63) is 35.3 Å². The van der Waals surface area contributed by atoms with Crippen LogP contribution >= 0.6 is 11.6 Å². The molecule has 0 spiro atoms. The summed E-state index contributed by atoms with van der Waals surface area (Å²) in [5.74, 6) is 0.752. The lowest BCUT2D eigenvalue weighted by Gasteiger charge is -2.09. The van der Waals surface area contributed by atoms with E-state index in [-0.39, 0.29) is 5.82 Å². The number of halogens is 4. The Hall–Kier alpha value is -1.83. The zero-order valence-corrected chi connectivity index (χ0v) is 10.3. The molecule has 2 aromatic rings. The van der Waals surface area contributed by atoms with Gasteiger partial charge in [-0.25, -0.2) is 15.0 Å². The maximum absolute atomic E-state index is 12.5. The number of aromatic amines is 1. The Morgan fingerprint density at radius 2 is 2.11 bits per heavy atom. The van der Waals surface area contributed by atoms with Gasteiger partial charge in [-0.2, -0.15) is 13.2 Å². The van der Waals surface area contributed by atoms with Gasteiger partial charge in [0.15, 0.2) is 5.69 Å². The van der Waals surface area contributed by atoms with Gasteiger partial charge in [-0.1, -0.05) is 0 Å². The molecule has 0 aliphatic carbocycles. The van der Waals surface area contributed by atoms with Gasteiger partial charge in [0.05, 0.1) is 0 Å². The number of imidazole rings is 1. The van der Waals surface area contributed by atoms with E-state index in [9.17, 15) is 13.2 Å². The molecule has 0 aliphatic rings. The predicted octanol–water partition coefficient (Wildman–Crippen LogP) is 2.53. The minimum absolute atomic E-state index is 0.0267. The summed E-state index contributed by atoms with van der Waals surface area (Å²) in [5.41, 5.74) is -1.08. The van der Waals surface area contributed by atoms with Gasteiger partial charge in [-0.05, 0) is 11.6 Å². The molecule has 0 bridgehead atoms. The first kappa shape index (κ1) is 13.6. The van der Waals surface area contributed by atoms with Crippen LogP contribution < -0.4 is 5.32 Å². The number of rotatable bonds is 4. The molecule has 5 nitrogen and oxygen atoms in total. The first-order chi connectivity index (χ1) is 8.95. The minimum Gasteiger partial charge on any atom is -0.369 e. The first-order valence-corrected chi connectivity index (χ1v) is 5.67. The number of aromatic nitrogens is 4. The third-order valence-electron chi connectivity index (χ3n) is 2.21. The van der Waals surface area contributed by atoms with Crippen LogP contribution in [0.2, 0.25) is 5.28 Å². The van der Waals surface area contributed by atoms with Crippen LogP contribution in [-0.2, 0) is 12.6 Å². The van der Waals surface area contributed by atoms with Crippen molar-refractivity contribution < 1.29 is 13.2 Å². The van der Waals surface area contributed by atoms with Gasteiger partial charge in [-0.3, -0.25) is 0 Å². The van der Waals surface area contributed by atoms with Gasteiger partial charge in [0.1, 0.15) is 11.6 Å². The summed E-state index contributed by atoms with van der Waals surface area (Å²) in [5, 5.41) is 2.29. The lowest BCUT2D eigenvalue weighted by atomic mass is 10.3. The molecule has 0 unspecified atom stereocenters. The van der Waals surface area contributed by atoms with E-state index in [0.717, 1.165) is 11.9 Å². The molecule has 0 radical (unpaired) electrons. The lowest BCUT2D eigenvalue weighted by Crippen LogP contribution is -2.12. The largest absolute Gasteiger partial charge is 0.433 e. The van der Waals surface area contributed by atoms with Crippen LogP contribution in [0.5, 0.6) is 0 Å². The second-order valence-electron chi connectivity index (χ2n) is 3.62. The SMILES string of the molecule is FC(F)(F)c1cc(NCCc2ncc[nH]2)nc(Cl)n1. The highest BCUT2D eigenvalue weighted by Crippen LogP contribution is 2.29. The highest BCUT2D eigenvalue weighted by atomic mass is 35.5. The van der Waals surface area contributed by atoms with Gasteiger partial charge in [0.2, 0.25) is 5.28 Å². The van der Waals surface area contributed by atoms with Crippen molar-refractivity contribution in [2.45, 2.75) is 12.6 Å². The molecular weight excluding hydrogens is 283 g/mol. The van der Waals surface area contributed by atoms with Gasteiger partial charge in [0.25, 0.3) is 0 Å². The monoisotopic (exact) mass is 291 g/mol. The van der Waals surface area contributed by atoms with Gasteiger partial charge >= 0.3 is 6.18 Å². The van der Waals surface area contributed by atoms with E-state index in [1.165, 1.54) is 0 Å². The number of hydrogen-bond donors (Lipinski definition) is 2. The van der Waals surface area contributed by atoms with Crippen LogP contribution in [-0.4, -0.2) is 26.5 Å². The Morgan fingerprint density at radius 1 is 1.32 bits per heavy atom. The van der Waals surface area contributed by atoms with E-state index in [1.807, 2.05) is 0 Å². The second-order valence-corrected chi connectivity index (χ2v) is 3.96. The fourth-order valence-corrected chi connectivity index (χ4v) is 1.58. The summed E-state index contributed by atoms with van der Waals surface area (Å²) in [6.45, 7) is 0.373. The molecule has 0 aliphatic heterocycles. The zero-order chi connectivity index (χ0) is 13.9. The normalized spacial score (nSPS) is 11.6. The Bertz CT molecular complexity index is 541. The van der Waals surface area contributed by atoms with Gasteiger partial charge in [0, 0.05) is 31.4 Å². The number of alkyl halides is 3. The van der Waals surface area contributed by atoms with Crippen molar-refractivity contribution >= 4 is 17.4 Å². The van der Waals surface area contributed by atoms with Crippen LogP contribution in [0, 0.1) is 0 Å². The number of anilines is 1. The highest BCUT2D eigenvalue weighted by molar-refractivity contribution is 6.28. The van der Waals surface area contributed by atoms with E-state index in [1.54, 1.807) is 12.4 Å². The maximum atomic E-state index is 12.5. The standard InChI is InChI=1S/C10H9ClF3N5/c11-9-18-6(10(12,13)14)5-8(19-9)15-2-1-7-16-3-4-17-7/h3-5H,1-2H2,(H,16,17)(H,15,18,19). The fourth-order valence-electron chi connectivity index (χ4n) is 1.40. The van der Waals surface area contributed by atoms with Crippen LogP contribution in [0.25, 0.3) is 0 Å². The molecule has 0 amide bonds. The Kier molecular flexibility index (Phi) is 3.89. The van der Waals surface area contributed by atoms with E-state index in [4.69, 9.17) is 11.6 Å². The average molecular weight is 292 g/mol. The molecule has 102 valence electrons. The predicted molar refractivity (Wildman–Crippen MR) is 62.8 cm³/mol. The molecule has 2 aromatic heterocycles. The Morgan fingerprint density at radius 3 is 2.74 bits per heavy atom. The Labute approximate surface area is 111 Å². The van der Waals surface area contributed by atoms with Crippen molar-refractivity contribution in [1.82, 2.24) is 19.9 Å². The minimum atomic E-state index is -4.55. The molecule has 0 fully saturated rings. The summed E-state index contributed by atoms with van der Waals surface area (Å²) in [6.07, 6.45) is -0.767. The maximum Gasteiger partial charge on any atom is 0.433 e. The number of H-pyrrole nitrogens is 1. The molecule has 0 saturated heterocycles. The highest BCUT2D eigenvalue weighted by Gasteiger charge is 2.33. The van der Waals surface area contributed by atoms with E-state index < -0.39 is 17.2 Å². The first-order valence-electron chi connectivity index (χ1n) is 5.29. The zero-order valence-electron chi connectivity index (χ0n) is 9.50. The third kappa shape index (κ3) is 3.82. The smallest absolute Gasteiger partial charge is 0.369 e. The second kappa shape index (κ2) is 5.43. The van der Waals surface area contributed by atoms with Crippen LogP contribution in [0.15, 0.2) is 18.5 Å². The molecule has 19 heavy (non-hydrogen) atoms. The number of nitrogens with one attached hydrogen (secondary N) is 2. The summed E-state index contributed by atoms with van der Waals surface area (Å²) < 4.78 is 37.5. The van der Waals surface area contributed by atoms with Gasteiger partial charge < -0.3 is 10.3 Å². The topological polar surface area (TPSA) is 66.5 Å². The summed E-state index contributed by atoms with van der Waals surface area (Å²) >= 11 is 5.45. The average Bonchev–Trinajstić information content (AvgIpc) is 2.80. The molecule has 0 atom stereocenters. The van der Waals surface area contributed by atoms with Crippen molar-refractivity contribution in [2.75, 3.05) is 11.9 Å². The van der Waals surface area contributed by atoms with Crippen molar-refractivity contribution in [3.63, 3.8) is 0 Å². The molecule has 0 aromatic carbocycles. The molecule has 2 rings (SSSR count). The van der Waals surface area contributed by atoms with Crippen molar-refractivity contribution in [1.29, 1.82) is 0 Å². The van der Waals surface area contributed by atoms with Gasteiger partial charge in [-0.15, -0.1) is 0 Å².